The molecule has 0 fully saturated rings. The van der Waals surface area contributed by atoms with Crippen molar-refractivity contribution in [2.45, 2.75) is 25.8 Å². The van der Waals surface area contributed by atoms with Gasteiger partial charge in [-0.05, 0) is 30.5 Å². The molecule has 0 unspecified atom stereocenters. The second-order valence-corrected chi connectivity index (χ2v) is 7.23. The van der Waals surface area contributed by atoms with Crippen molar-refractivity contribution in [2.75, 3.05) is 20.8 Å². The first kappa shape index (κ1) is 22.1. The minimum atomic E-state index is -0.395. The monoisotopic (exact) mass is 428 g/mol. The quantitative estimate of drug-likeness (QED) is 0.398. The van der Waals surface area contributed by atoms with E-state index in [-0.39, 0.29) is 5.56 Å². The molecule has 166 valence electrons. The predicted molar refractivity (Wildman–Crippen MR) is 119 cm³/mol. The average Bonchev–Trinajstić information content (AvgIpc) is 3.20. The summed E-state index contributed by atoms with van der Waals surface area (Å²) >= 11 is 0. The van der Waals surface area contributed by atoms with Gasteiger partial charge in [-0.3, -0.25) is 18.9 Å². The summed E-state index contributed by atoms with van der Waals surface area (Å²) in [6, 6.07) is 5.78. The van der Waals surface area contributed by atoms with Crippen molar-refractivity contribution < 1.29 is 9.47 Å². The van der Waals surface area contributed by atoms with E-state index in [1.165, 1.54) is 11.6 Å². The van der Waals surface area contributed by atoms with Crippen LogP contribution in [0.25, 0.3) is 11.2 Å². The fourth-order valence-corrected chi connectivity index (χ4v) is 3.44. The number of nitrogens with zero attached hydrogens (tertiary/aromatic N) is 5. The van der Waals surface area contributed by atoms with Gasteiger partial charge < -0.3 is 19.8 Å². The van der Waals surface area contributed by atoms with Gasteiger partial charge in [0.05, 0.1) is 26.4 Å². The van der Waals surface area contributed by atoms with E-state index in [1.54, 1.807) is 32.2 Å². The van der Waals surface area contributed by atoms with Crippen LogP contribution in [-0.2, 0) is 27.1 Å². The van der Waals surface area contributed by atoms with Crippen molar-refractivity contribution in [3.63, 3.8) is 0 Å². The van der Waals surface area contributed by atoms with Crippen molar-refractivity contribution in [3.8, 4) is 11.5 Å². The summed E-state index contributed by atoms with van der Waals surface area (Å²) in [5.41, 5.74) is 7.18. The van der Waals surface area contributed by atoms with Gasteiger partial charge >= 0.3 is 5.69 Å². The lowest BCUT2D eigenvalue weighted by Gasteiger charge is -2.09. The number of hydrogen-bond donors (Lipinski definition) is 1. The van der Waals surface area contributed by atoms with E-state index in [0.717, 1.165) is 16.6 Å². The molecule has 0 aliphatic heterocycles. The molecule has 0 saturated carbocycles. The highest BCUT2D eigenvalue weighted by Crippen LogP contribution is 2.27. The normalized spacial score (nSPS) is 11.8. The molecule has 31 heavy (non-hydrogen) atoms. The van der Waals surface area contributed by atoms with E-state index >= 15 is 0 Å². The van der Waals surface area contributed by atoms with Gasteiger partial charge in [-0.1, -0.05) is 6.07 Å². The molecule has 0 spiro atoms. The average molecular weight is 428 g/mol. The maximum absolute atomic E-state index is 12.5. The summed E-state index contributed by atoms with van der Waals surface area (Å²) in [4.78, 5) is 33.1. The first-order chi connectivity index (χ1) is 14.9. The maximum atomic E-state index is 12.5. The van der Waals surface area contributed by atoms with Crippen LogP contribution in [0.1, 0.15) is 18.4 Å². The van der Waals surface area contributed by atoms with E-state index in [2.05, 4.69) is 9.98 Å². The van der Waals surface area contributed by atoms with Gasteiger partial charge in [0.2, 0.25) is 0 Å². The first-order valence-corrected chi connectivity index (χ1v) is 9.98. The Bertz CT molecular complexity index is 1220. The molecule has 3 aromatic rings. The van der Waals surface area contributed by atoms with Crippen molar-refractivity contribution in [1.82, 2.24) is 18.7 Å². The van der Waals surface area contributed by atoms with Crippen LogP contribution in [-0.4, -0.2) is 45.3 Å². The predicted octanol–water partition coefficient (Wildman–Crippen LogP) is 0.831. The Morgan fingerprint density at radius 2 is 1.87 bits per heavy atom. The van der Waals surface area contributed by atoms with Crippen molar-refractivity contribution in [2.24, 2.45) is 24.8 Å². The molecule has 0 amide bonds. The summed E-state index contributed by atoms with van der Waals surface area (Å²) in [6.07, 6.45) is 3.61. The van der Waals surface area contributed by atoms with Crippen LogP contribution >= 0.6 is 0 Å². The molecule has 0 bridgehead atoms. The van der Waals surface area contributed by atoms with Crippen LogP contribution in [0.3, 0.4) is 0 Å². The van der Waals surface area contributed by atoms with Crippen LogP contribution in [0.4, 0.5) is 0 Å². The van der Waals surface area contributed by atoms with E-state index < -0.39 is 5.69 Å². The topological polar surface area (TPSA) is 119 Å². The lowest BCUT2D eigenvalue weighted by atomic mass is 10.1. The third kappa shape index (κ3) is 4.62. The van der Waals surface area contributed by atoms with E-state index in [4.69, 9.17) is 15.2 Å². The van der Waals surface area contributed by atoms with Crippen LogP contribution in [0.15, 0.2) is 39.1 Å². The number of amidine groups is 1. The van der Waals surface area contributed by atoms with Gasteiger partial charge in [-0.2, -0.15) is 0 Å². The second kappa shape index (κ2) is 9.50. The highest BCUT2D eigenvalue weighted by molar-refractivity contribution is 5.80. The molecule has 0 atom stereocenters. The van der Waals surface area contributed by atoms with E-state index in [9.17, 15) is 9.59 Å². The summed E-state index contributed by atoms with van der Waals surface area (Å²) in [6.45, 7) is 1.12. The zero-order valence-electron chi connectivity index (χ0n) is 18.3. The van der Waals surface area contributed by atoms with Gasteiger partial charge in [0.15, 0.2) is 22.7 Å². The molecule has 10 nitrogen and oxygen atoms in total. The molecule has 3 rings (SSSR count). The van der Waals surface area contributed by atoms with Gasteiger partial charge in [0.25, 0.3) is 5.56 Å². The molecule has 0 aliphatic carbocycles. The Kier molecular flexibility index (Phi) is 6.78. The summed E-state index contributed by atoms with van der Waals surface area (Å²) < 4.78 is 14.8. The lowest BCUT2D eigenvalue weighted by molar-refractivity contribution is 0.354. The minimum absolute atomic E-state index is 0.354. The van der Waals surface area contributed by atoms with E-state index in [1.807, 2.05) is 18.2 Å². The Morgan fingerprint density at radius 3 is 2.58 bits per heavy atom. The molecule has 2 N–H and O–H groups in total. The van der Waals surface area contributed by atoms with Crippen molar-refractivity contribution in [1.29, 1.82) is 0 Å². The maximum Gasteiger partial charge on any atom is 0.332 e. The van der Waals surface area contributed by atoms with Gasteiger partial charge in [-0.15, -0.1) is 0 Å². The van der Waals surface area contributed by atoms with Crippen LogP contribution in [0, 0.1) is 0 Å². The SMILES string of the molecule is COc1ccc(CCN=C(N)CCCn2cnc3c2c(=O)n(C)c(=O)n3C)cc1OC. The Labute approximate surface area is 179 Å². The number of aryl methyl sites for hydroxylation is 2. The van der Waals surface area contributed by atoms with Gasteiger partial charge in [0.1, 0.15) is 0 Å². The largest absolute Gasteiger partial charge is 0.493 e. The molecular weight excluding hydrogens is 400 g/mol. The molecule has 0 radical (unpaired) electrons. The standard InChI is InChI=1S/C21H28N6O4/c1-25-19-18(20(28)26(2)21(25)29)27(13-24-19)11-5-6-17(22)23-10-9-14-7-8-15(30-3)16(12-14)31-4/h7-8,12-13H,5-6,9-11H2,1-4H3,(H2,22,23). The fourth-order valence-electron chi connectivity index (χ4n) is 3.44. The van der Waals surface area contributed by atoms with Crippen LogP contribution in [0.5, 0.6) is 11.5 Å². The van der Waals surface area contributed by atoms with Gasteiger partial charge in [-0.25, -0.2) is 9.78 Å². The number of ether oxygens (including phenoxy) is 2. The van der Waals surface area contributed by atoms with Crippen molar-refractivity contribution in [3.05, 3.63) is 50.9 Å². The number of hydrogen-bond acceptors (Lipinski definition) is 6. The smallest absolute Gasteiger partial charge is 0.332 e. The number of aromatic nitrogens is 4. The Balaban J connectivity index is 1.58. The molecular formula is C21H28N6O4. The number of imidazole rings is 1. The Hall–Kier alpha value is -3.56. The van der Waals surface area contributed by atoms with Crippen LogP contribution < -0.4 is 26.5 Å². The molecule has 10 heteroatoms. The molecule has 2 aromatic heterocycles. The lowest BCUT2D eigenvalue weighted by Crippen LogP contribution is -2.37. The van der Waals surface area contributed by atoms with Crippen LogP contribution in [0.2, 0.25) is 0 Å². The zero-order chi connectivity index (χ0) is 22.5. The number of benzene rings is 1. The van der Waals surface area contributed by atoms with Crippen molar-refractivity contribution >= 4 is 17.0 Å². The summed E-state index contributed by atoms with van der Waals surface area (Å²) in [7, 11) is 6.28. The van der Waals surface area contributed by atoms with E-state index in [0.29, 0.717) is 54.4 Å². The third-order valence-corrected chi connectivity index (χ3v) is 5.21. The fraction of sp³-hybridized carbons (Fsp3) is 0.429. The highest BCUT2D eigenvalue weighted by Gasteiger charge is 2.14. The molecule has 0 saturated heterocycles. The number of methoxy groups -OCH3 is 2. The molecule has 1 aromatic carbocycles. The third-order valence-electron chi connectivity index (χ3n) is 5.21. The highest BCUT2D eigenvalue weighted by atomic mass is 16.5. The molecule has 0 aliphatic rings. The molecule has 2 heterocycles. The first-order valence-electron chi connectivity index (χ1n) is 9.98. The minimum Gasteiger partial charge on any atom is -0.493 e. The summed E-state index contributed by atoms with van der Waals surface area (Å²) in [5.74, 6) is 1.94. The number of rotatable bonds is 9. The second-order valence-electron chi connectivity index (χ2n) is 7.23. The number of aliphatic imine (C=N–C) groups is 1. The van der Waals surface area contributed by atoms with Gasteiger partial charge in [0, 0.05) is 33.6 Å². The number of nitrogens with two attached hydrogens (primary N) is 1. The zero-order valence-corrected chi connectivity index (χ0v) is 18.3. The summed E-state index contributed by atoms with van der Waals surface area (Å²) in [5, 5.41) is 0. The number of fused-ring (bicyclic) bond motifs is 1. The Morgan fingerprint density at radius 1 is 1.13 bits per heavy atom.